The first-order valence-corrected chi connectivity index (χ1v) is 27.0. The molecule has 492 valence electrons. The number of methoxy groups -OCH3 is 6. The van der Waals surface area contributed by atoms with E-state index in [9.17, 15) is 86.8 Å². The molecule has 84 heavy (non-hydrogen) atoms. The molecule has 35 atom stereocenters. The first kappa shape index (κ1) is 70.0. The van der Waals surface area contributed by atoms with Crippen LogP contribution in [0, 0.1) is 0 Å². The summed E-state index contributed by atoms with van der Waals surface area (Å²) in [7, 11) is 6.99. The van der Waals surface area contributed by atoms with Crippen molar-refractivity contribution in [3.63, 3.8) is 0 Å². The molecule has 7 heterocycles. The van der Waals surface area contributed by atoms with E-state index < -0.39 is 261 Å². The van der Waals surface area contributed by atoms with Crippen molar-refractivity contribution in [1.29, 1.82) is 0 Å². The van der Waals surface area contributed by atoms with Gasteiger partial charge in [0.25, 0.3) is 0 Å². The molecule has 0 radical (unpaired) electrons. The second-order valence-corrected chi connectivity index (χ2v) is 20.8. The number of aliphatic hydroxyl groups excluding tert-OH is 17. The van der Waals surface area contributed by atoms with Crippen molar-refractivity contribution in [2.75, 3.05) is 88.9 Å². The minimum Gasteiger partial charge on any atom is -0.394 e. The Morgan fingerprint density at radius 1 is 0.214 bits per heavy atom. The van der Waals surface area contributed by atoms with Crippen LogP contribution in [0.1, 0.15) is 0 Å². The van der Waals surface area contributed by atoms with E-state index in [0.29, 0.717) is 0 Å². The zero-order valence-electron chi connectivity index (χ0n) is 46.5. The Morgan fingerprint density at radius 3 is 0.619 bits per heavy atom. The van der Waals surface area contributed by atoms with Gasteiger partial charge in [0.05, 0.1) is 46.2 Å². The summed E-state index contributed by atoms with van der Waals surface area (Å²) >= 11 is 0. The lowest BCUT2D eigenvalue weighted by Crippen LogP contribution is -2.69. The molecule has 36 nitrogen and oxygen atoms in total. The minimum absolute atomic E-state index is 0.727. The Labute approximate surface area is 480 Å². The molecule has 7 aliphatic heterocycles. The normalized spacial score (nSPS) is 50.5. The Bertz CT molecular complexity index is 1920. The second-order valence-electron chi connectivity index (χ2n) is 20.8. The van der Waals surface area contributed by atoms with Gasteiger partial charge in [0.15, 0.2) is 44.0 Å². The highest BCUT2D eigenvalue weighted by Crippen LogP contribution is 2.39. The molecular formula is C48H84O36. The molecule has 0 bridgehead atoms. The first-order valence-electron chi connectivity index (χ1n) is 27.0. The molecular weight excluding hydrogens is 1150 g/mol. The maximum absolute atomic E-state index is 11.8. The van der Waals surface area contributed by atoms with Gasteiger partial charge in [-0.25, -0.2) is 0 Å². The molecule has 0 aromatic carbocycles. The van der Waals surface area contributed by atoms with E-state index in [1.165, 1.54) is 14.2 Å². The number of hydrogen-bond acceptors (Lipinski definition) is 36. The summed E-state index contributed by atoms with van der Waals surface area (Å²) in [5.74, 6) is 0. The molecule has 7 fully saturated rings. The van der Waals surface area contributed by atoms with Crippen LogP contribution in [-0.4, -0.2) is 391 Å². The van der Waals surface area contributed by atoms with Gasteiger partial charge in [0.1, 0.15) is 171 Å². The third-order valence-electron chi connectivity index (χ3n) is 16.0. The number of rotatable bonds is 25. The summed E-state index contributed by atoms with van der Waals surface area (Å²) in [6.45, 7) is -5.79. The molecule has 7 aliphatic rings. The van der Waals surface area contributed by atoms with Crippen molar-refractivity contribution in [3.8, 4) is 0 Å². The van der Waals surface area contributed by atoms with Crippen LogP contribution in [-0.2, 0) is 90.0 Å². The standard InChI is InChI=1S/C48H84O36/c1-66-36-24(59)42(65)72-15(8-50)30(36)80-44-26(61)38(68-3)32(17(10-52)75-44)82-46-28(63)40(70-5)34(19(12-54)77-46)84-48-29(64)41(71-6)35(20(13-55)78-48)83-47-27(62)39(69-4)33(18(11-53)76-47)81-45-25(60)37(67-2)31(16(9-51)74-45)79-43-23(58)22(57)21(56)14(7-49)73-43/h14-65H,7-13H2,1-6H3/t14-,15-,16-,17-,18-,19-,20-,21-,22+,23+,24+,25+,26+,27+,28+,29+,30-,31-,32-,33-,34-,35-,36-,37-,38-,39-,40-,41-,42?,43-,44-,45-,46-,47-,48-/m1/s1. The van der Waals surface area contributed by atoms with Gasteiger partial charge in [0, 0.05) is 42.7 Å². The maximum atomic E-state index is 11.8. The van der Waals surface area contributed by atoms with Crippen molar-refractivity contribution in [2.45, 2.75) is 215 Å². The van der Waals surface area contributed by atoms with Crippen molar-refractivity contribution in [1.82, 2.24) is 0 Å². The van der Waals surface area contributed by atoms with E-state index in [2.05, 4.69) is 0 Å². The van der Waals surface area contributed by atoms with Crippen LogP contribution >= 0.6 is 0 Å². The number of ether oxygens (including phenoxy) is 19. The summed E-state index contributed by atoms with van der Waals surface area (Å²) in [6.07, 6.45) is -56.2. The lowest BCUT2D eigenvalue weighted by atomic mass is 9.94. The van der Waals surface area contributed by atoms with Gasteiger partial charge in [-0.1, -0.05) is 0 Å². The lowest BCUT2D eigenvalue weighted by Gasteiger charge is -2.51. The fourth-order valence-corrected chi connectivity index (χ4v) is 11.5. The number of aliphatic hydroxyl groups is 17. The fraction of sp³-hybridized carbons (Fsp3) is 1.00. The summed E-state index contributed by atoms with van der Waals surface area (Å²) in [4.78, 5) is 0. The average Bonchev–Trinajstić information content (AvgIpc) is 2.33. The van der Waals surface area contributed by atoms with E-state index >= 15 is 0 Å². The molecule has 0 aromatic heterocycles. The maximum Gasteiger partial charge on any atom is 0.187 e. The molecule has 0 saturated carbocycles. The lowest BCUT2D eigenvalue weighted by molar-refractivity contribution is -0.400. The Kier molecular flexibility index (Phi) is 26.3. The van der Waals surface area contributed by atoms with Gasteiger partial charge in [-0.05, 0) is 0 Å². The van der Waals surface area contributed by atoms with E-state index in [1.807, 2.05) is 0 Å². The molecule has 1 unspecified atom stereocenters. The zero-order valence-corrected chi connectivity index (χ0v) is 46.5. The first-order chi connectivity index (χ1) is 40.2. The van der Waals surface area contributed by atoms with E-state index in [-0.39, 0.29) is 0 Å². The predicted octanol–water partition coefficient (Wildman–Crippen LogP) is -12.4. The molecule has 0 aromatic rings. The van der Waals surface area contributed by atoms with Gasteiger partial charge in [-0.3, -0.25) is 0 Å². The van der Waals surface area contributed by atoms with Gasteiger partial charge in [0.2, 0.25) is 0 Å². The van der Waals surface area contributed by atoms with Crippen molar-refractivity contribution in [3.05, 3.63) is 0 Å². The third-order valence-corrected chi connectivity index (χ3v) is 16.0. The molecule has 36 heteroatoms. The monoisotopic (exact) mass is 1240 g/mol. The number of hydrogen-bond donors (Lipinski definition) is 17. The van der Waals surface area contributed by atoms with Crippen LogP contribution in [0.3, 0.4) is 0 Å². The van der Waals surface area contributed by atoms with Gasteiger partial charge in [-0.15, -0.1) is 0 Å². The highest BCUT2D eigenvalue weighted by Gasteiger charge is 2.59. The van der Waals surface area contributed by atoms with Crippen LogP contribution in [0.15, 0.2) is 0 Å². The van der Waals surface area contributed by atoms with Crippen LogP contribution in [0.5, 0.6) is 0 Å². The van der Waals surface area contributed by atoms with Gasteiger partial charge < -0.3 is 177 Å². The van der Waals surface area contributed by atoms with E-state index in [4.69, 9.17) is 90.0 Å². The van der Waals surface area contributed by atoms with E-state index in [1.54, 1.807) is 0 Å². The summed E-state index contributed by atoms with van der Waals surface area (Å²) in [6, 6.07) is 0. The van der Waals surface area contributed by atoms with Gasteiger partial charge in [-0.2, -0.15) is 0 Å². The minimum atomic E-state index is -1.88. The second kappa shape index (κ2) is 31.5. The van der Waals surface area contributed by atoms with Gasteiger partial charge >= 0.3 is 0 Å². The topological polar surface area (TPSA) is 519 Å². The van der Waals surface area contributed by atoms with Crippen LogP contribution in [0.4, 0.5) is 0 Å². The van der Waals surface area contributed by atoms with Crippen LogP contribution in [0.2, 0.25) is 0 Å². The Morgan fingerprint density at radius 2 is 0.405 bits per heavy atom. The zero-order chi connectivity index (χ0) is 61.6. The average molecular weight is 1240 g/mol. The molecule has 0 spiro atoms. The largest absolute Gasteiger partial charge is 0.394 e. The third kappa shape index (κ3) is 14.3. The SMILES string of the molecule is CO[C@@H]1[C@H](O)[C@@H](O[C@H]2[C@H](OC)[C@H](O)[C@@H](O[C@H]3[C@H](OC)[C@H](O)[C@@H](O[C@H]4[C@H](OC)[C@H](O)[C@@H](O[C@H]5[C@H](OC)[C@H](O)[C@@H](O[C@H]6[C@H](OC)[C@H](O)C(O)O[C@@H]6CO)O[C@@H]5CO)O[C@@H]4CO)O[C@@H]3CO)O[C@@H]2CO)O[C@H](CO)[C@H]1O[C@H]1O[C@H](CO)[C@@H](O)[C@H](O)[C@@H]1O. The molecule has 7 saturated heterocycles. The molecule has 0 amide bonds. The fourth-order valence-electron chi connectivity index (χ4n) is 11.5. The van der Waals surface area contributed by atoms with E-state index in [0.717, 1.165) is 28.4 Å². The molecule has 0 aliphatic carbocycles. The smallest absolute Gasteiger partial charge is 0.187 e. The Hall–Kier alpha value is -1.44. The van der Waals surface area contributed by atoms with Crippen LogP contribution in [0.25, 0.3) is 0 Å². The van der Waals surface area contributed by atoms with Crippen LogP contribution < -0.4 is 0 Å². The summed E-state index contributed by atoms with van der Waals surface area (Å²) < 4.78 is 110. The Balaban J connectivity index is 1.00. The highest BCUT2D eigenvalue weighted by molar-refractivity contribution is 5.02. The summed E-state index contributed by atoms with van der Waals surface area (Å²) in [5.41, 5.74) is 0. The molecule has 17 N–H and O–H groups in total. The highest BCUT2D eigenvalue weighted by atomic mass is 16.8. The van der Waals surface area contributed by atoms with Crippen molar-refractivity contribution >= 4 is 0 Å². The summed E-state index contributed by atoms with van der Waals surface area (Å²) in [5, 5.41) is 183. The van der Waals surface area contributed by atoms with Crippen molar-refractivity contribution < 1.29 is 177 Å². The quantitative estimate of drug-likeness (QED) is 0.0404. The van der Waals surface area contributed by atoms with Crippen molar-refractivity contribution in [2.24, 2.45) is 0 Å². The predicted molar refractivity (Wildman–Crippen MR) is 261 cm³/mol. The molecule has 7 rings (SSSR count).